The molecule has 0 amide bonds. The SMILES string of the molecule is CCNCCCOCCC1CCC1. The Kier molecular flexibility index (Phi) is 6.21. The second-order valence-corrected chi connectivity index (χ2v) is 3.91. The van der Waals surface area contributed by atoms with Gasteiger partial charge in [-0.3, -0.25) is 0 Å². The summed E-state index contributed by atoms with van der Waals surface area (Å²) in [6, 6.07) is 0. The van der Waals surface area contributed by atoms with E-state index in [1.165, 1.54) is 25.7 Å². The van der Waals surface area contributed by atoms with Crippen LogP contribution >= 0.6 is 0 Å². The normalized spacial score (nSPS) is 17.3. The summed E-state index contributed by atoms with van der Waals surface area (Å²) in [6.45, 7) is 6.22. The second-order valence-electron chi connectivity index (χ2n) is 3.91. The van der Waals surface area contributed by atoms with Gasteiger partial charge in [-0.25, -0.2) is 0 Å². The van der Waals surface area contributed by atoms with Crippen molar-refractivity contribution in [2.24, 2.45) is 5.92 Å². The lowest BCUT2D eigenvalue weighted by Gasteiger charge is -2.24. The summed E-state index contributed by atoms with van der Waals surface area (Å²) in [5, 5.41) is 3.29. The molecule has 1 aliphatic carbocycles. The summed E-state index contributed by atoms with van der Waals surface area (Å²) >= 11 is 0. The molecule has 0 radical (unpaired) electrons. The summed E-state index contributed by atoms with van der Waals surface area (Å²) in [6.07, 6.45) is 6.78. The van der Waals surface area contributed by atoms with Gasteiger partial charge in [-0.15, -0.1) is 0 Å². The highest BCUT2D eigenvalue weighted by Crippen LogP contribution is 2.28. The maximum Gasteiger partial charge on any atom is 0.0478 e. The molecule has 1 N–H and O–H groups in total. The first kappa shape index (κ1) is 11.0. The molecule has 1 rings (SSSR count). The minimum absolute atomic E-state index is 0.930. The van der Waals surface area contributed by atoms with Gasteiger partial charge < -0.3 is 10.1 Å². The predicted octanol–water partition coefficient (Wildman–Crippen LogP) is 2.19. The first-order valence-electron chi connectivity index (χ1n) is 5.72. The van der Waals surface area contributed by atoms with Gasteiger partial charge in [0.15, 0.2) is 0 Å². The Bertz CT molecular complexity index is 113. The molecule has 0 aromatic rings. The Balaban J connectivity index is 1.68. The van der Waals surface area contributed by atoms with Crippen molar-refractivity contribution in [1.29, 1.82) is 0 Å². The summed E-state index contributed by atoms with van der Waals surface area (Å²) in [5.74, 6) is 0.994. The van der Waals surface area contributed by atoms with Crippen LogP contribution in [0.5, 0.6) is 0 Å². The molecular formula is C11H23NO. The van der Waals surface area contributed by atoms with Crippen molar-refractivity contribution in [1.82, 2.24) is 5.32 Å². The van der Waals surface area contributed by atoms with E-state index in [1.807, 2.05) is 0 Å². The molecule has 2 nitrogen and oxygen atoms in total. The van der Waals surface area contributed by atoms with E-state index in [9.17, 15) is 0 Å². The number of rotatable bonds is 8. The zero-order valence-corrected chi connectivity index (χ0v) is 8.85. The van der Waals surface area contributed by atoms with Crippen LogP contribution < -0.4 is 5.32 Å². The highest BCUT2D eigenvalue weighted by molar-refractivity contribution is 4.68. The largest absolute Gasteiger partial charge is 0.381 e. The molecule has 78 valence electrons. The van der Waals surface area contributed by atoms with Crippen LogP contribution in [0.1, 0.15) is 39.0 Å². The van der Waals surface area contributed by atoms with Gasteiger partial charge in [-0.05, 0) is 31.8 Å². The lowest BCUT2D eigenvalue weighted by molar-refractivity contribution is 0.105. The highest BCUT2D eigenvalue weighted by atomic mass is 16.5. The third kappa shape index (κ3) is 5.27. The number of hydrogen-bond acceptors (Lipinski definition) is 2. The van der Waals surface area contributed by atoms with Gasteiger partial charge in [0.25, 0.3) is 0 Å². The number of nitrogens with one attached hydrogen (secondary N) is 1. The standard InChI is InChI=1S/C11H23NO/c1-2-12-8-4-9-13-10-7-11-5-3-6-11/h11-12H,2-10H2,1H3. The average molecular weight is 185 g/mol. The fourth-order valence-corrected chi connectivity index (χ4v) is 1.61. The quantitative estimate of drug-likeness (QED) is 0.585. The Labute approximate surface area is 82.0 Å². The summed E-state index contributed by atoms with van der Waals surface area (Å²) < 4.78 is 5.55. The predicted molar refractivity (Wildman–Crippen MR) is 55.9 cm³/mol. The fourth-order valence-electron chi connectivity index (χ4n) is 1.61. The molecule has 0 aromatic carbocycles. The van der Waals surface area contributed by atoms with Gasteiger partial charge in [0.1, 0.15) is 0 Å². The number of ether oxygens (including phenoxy) is 1. The molecule has 0 bridgehead atoms. The Morgan fingerprint density at radius 3 is 2.77 bits per heavy atom. The molecule has 1 fully saturated rings. The fraction of sp³-hybridized carbons (Fsp3) is 1.00. The molecule has 0 spiro atoms. The van der Waals surface area contributed by atoms with E-state index >= 15 is 0 Å². The van der Waals surface area contributed by atoms with Crippen LogP contribution in [0, 0.1) is 5.92 Å². The molecule has 0 unspecified atom stereocenters. The van der Waals surface area contributed by atoms with Crippen molar-refractivity contribution >= 4 is 0 Å². The van der Waals surface area contributed by atoms with Gasteiger partial charge >= 0.3 is 0 Å². The topological polar surface area (TPSA) is 21.3 Å². The highest BCUT2D eigenvalue weighted by Gasteiger charge is 2.16. The van der Waals surface area contributed by atoms with E-state index in [4.69, 9.17) is 4.74 Å². The van der Waals surface area contributed by atoms with E-state index in [2.05, 4.69) is 12.2 Å². The van der Waals surface area contributed by atoms with Gasteiger partial charge in [-0.1, -0.05) is 26.2 Å². The van der Waals surface area contributed by atoms with Crippen molar-refractivity contribution in [3.63, 3.8) is 0 Å². The molecule has 0 aliphatic heterocycles. The molecular weight excluding hydrogens is 162 g/mol. The number of hydrogen-bond donors (Lipinski definition) is 1. The molecule has 0 heterocycles. The molecule has 0 saturated heterocycles. The second kappa shape index (κ2) is 7.34. The lowest BCUT2D eigenvalue weighted by atomic mass is 9.83. The zero-order chi connectivity index (χ0) is 9.36. The van der Waals surface area contributed by atoms with E-state index in [0.29, 0.717) is 0 Å². The van der Waals surface area contributed by atoms with Gasteiger partial charge in [0.2, 0.25) is 0 Å². The minimum Gasteiger partial charge on any atom is -0.381 e. The maximum absolute atomic E-state index is 5.55. The Morgan fingerprint density at radius 2 is 2.15 bits per heavy atom. The van der Waals surface area contributed by atoms with Crippen LogP contribution in [-0.2, 0) is 4.74 Å². The van der Waals surface area contributed by atoms with Crippen molar-refractivity contribution in [3.8, 4) is 0 Å². The Morgan fingerprint density at radius 1 is 1.31 bits per heavy atom. The van der Waals surface area contributed by atoms with Crippen molar-refractivity contribution < 1.29 is 4.74 Å². The average Bonchev–Trinajstić information content (AvgIpc) is 2.07. The summed E-state index contributed by atoms with van der Waals surface area (Å²) in [4.78, 5) is 0. The van der Waals surface area contributed by atoms with Crippen molar-refractivity contribution in [2.45, 2.75) is 39.0 Å². The van der Waals surface area contributed by atoms with Crippen LogP contribution in [0.2, 0.25) is 0 Å². The lowest BCUT2D eigenvalue weighted by Crippen LogP contribution is -2.17. The van der Waals surface area contributed by atoms with Gasteiger partial charge in [-0.2, -0.15) is 0 Å². The van der Waals surface area contributed by atoms with Crippen LogP contribution in [0.4, 0.5) is 0 Å². The monoisotopic (exact) mass is 185 g/mol. The van der Waals surface area contributed by atoms with Crippen molar-refractivity contribution in [3.05, 3.63) is 0 Å². The summed E-state index contributed by atoms with van der Waals surface area (Å²) in [5.41, 5.74) is 0. The van der Waals surface area contributed by atoms with Crippen molar-refractivity contribution in [2.75, 3.05) is 26.3 Å². The van der Waals surface area contributed by atoms with E-state index in [1.54, 1.807) is 0 Å². The molecule has 1 saturated carbocycles. The van der Waals surface area contributed by atoms with Crippen LogP contribution in [-0.4, -0.2) is 26.3 Å². The molecule has 0 aromatic heterocycles. The van der Waals surface area contributed by atoms with Gasteiger partial charge in [0.05, 0.1) is 0 Å². The van der Waals surface area contributed by atoms with Crippen LogP contribution in [0.15, 0.2) is 0 Å². The Hall–Kier alpha value is -0.0800. The van der Waals surface area contributed by atoms with E-state index in [0.717, 1.165) is 38.6 Å². The van der Waals surface area contributed by atoms with Crippen LogP contribution in [0.3, 0.4) is 0 Å². The maximum atomic E-state index is 5.55. The molecule has 2 heteroatoms. The third-order valence-corrected chi connectivity index (χ3v) is 2.79. The molecule has 1 aliphatic rings. The van der Waals surface area contributed by atoms with Crippen LogP contribution in [0.25, 0.3) is 0 Å². The summed E-state index contributed by atoms with van der Waals surface area (Å²) in [7, 11) is 0. The first-order chi connectivity index (χ1) is 6.43. The first-order valence-corrected chi connectivity index (χ1v) is 5.72. The van der Waals surface area contributed by atoms with E-state index in [-0.39, 0.29) is 0 Å². The smallest absolute Gasteiger partial charge is 0.0478 e. The zero-order valence-electron chi connectivity index (χ0n) is 8.85. The molecule has 13 heavy (non-hydrogen) atoms. The van der Waals surface area contributed by atoms with Gasteiger partial charge in [0, 0.05) is 13.2 Å². The minimum atomic E-state index is 0.930. The third-order valence-electron chi connectivity index (χ3n) is 2.79. The molecule has 0 atom stereocenters. The van der Waals surface area contributed by atoms with E-state index < -0.39 is 0 Å².